The molecule has 0 fully saturated rings. The van der Waals surface area contributed by atoms with Gasteiger partial charge in [-0.15, -0.1) is 6.42 Å². The number of methoxy groups -OCH3 is 1. The van der Waals surface area contributed by atoms with Crippen LogP contribution >= 0.6 is 0 Å². The SMILES string of the molecule is C#CCNC(=O)C(C)Oc1cc(C#N)cc(OC)c1. The Morgan fingerprint density at radius 2 is 2.16 bits per heavy atom. The number of hydrogen-bond acceptors (Lipinski definition) is 4. The largest absolute Gasteiger partial charge is 0.497 e. The second-order valence-corrected chi connectivity index (χ2v) is 3.69. The Morgan fingerprint density at radius 1 is 1.47 bits per heavy atom. The van der Waals surface area contributed by atoms with Crippen LogP contribution in [0.1, 0.15) is 12.5 Å². The molecule has 5 nitrogen and oxygen atoms in total. The van der Waals surface area contributed by atoms with E-state index in [0.29, 0.717) is 17.1 Å². The van der Waals surface area contributed by atoms with Crippen molar-refractivity contribution < 1.29 is 14.3 Å². The first-order valence-corrected chi connectivity index (χ1v) is 5.57. The zero-order chi connectivity index (χ0) is 14.3. The van der Waals surface area contributed by atoms with Gasteiger partial charge in [0, 0.05) is 6.07 Å². The van der Waals surface area contributed by atoms with E-state index >= 15 is 0 Å². The molecule has 0 saturated carbocycles. The third-order valence-electron chi connectivity index (χ3n) is 2.29. The molecule has 0 bridgehead atoms. The summed E-state index contributed by atoms with van der Waals surface area (Å²) in [5, 5.41) is 11.4. The van der Waals surface area contributed by atoms with Gasteiger partial charge < -0.3 is 14.8 Å². The lowest BCUT2D eigenvalue weighted by Crippen LogP contribution is -2.36. The molecule has 1 N–H and O–H groups in total. The van der Waals surface area contributed by atoms with Gasteiger partial charge in [0.2, 0.25) is 0 Å². The Balaban J connectivity index is 2.79. The van der Waals surface area contributed by atoms with Crippen molar-refractivity contribution in [2.75, 3.05) is 13.7 Å². The molecule has 0 heterocycles. The van der Waals surface area contributed by atoms with E-state index in [4.69, 9.17) is 21.2 Å². The number of nitrogens with one attached hydrogen (secondary N) is 1. The minimum absolute atomic E-state index is 0.147. The van der Waals surface area contributed by atoms with Crippen molar-refractivity contribution in [3.63, 3.8) is 0 Å². The predicted molar refractivity (Wildman–Crippen MR) is 69.6 cm³/mol. The normalized spacial score (nSPS) is 10.7. The lowest BCUT2D eigenvalue weighted by atomic mass is 10.2. The van der Waals surface area contributed by atoms with Gasteiger partial charge in [-0.3, -0.25) is 4.79 Å². The van der Waals surface area contributed by atoms with Crippen molar-refractivity contribution >= 4 is 5.91 Å². The second kappa shape index (κ2) is 6.93. The highest BCUT2D eigenvalue weighted by Crippen LogP contribution is 2.23. The highest BCUT2D eigenvalue weighted by Gasteiger charge is 2.14. The summed E-state index contributed by atoms with van der Waals surface area (Å²) in [5.74, 6) is 2.86. The second-order valence-electron chi connectivity index (χ2n) is 3.69. The van der Waals surface area contributed by atoms with Crippen LogP contribution in [0.2, 0.25) is 0 Å². The fourth-order valence-corrected chi connectivity index (χ4v) is 1.36. The third-order valence-corrected chi connectivity index (χ3v) is 2.29. The van der Waals surface area contributed by atoms with E-state index in [1.54, 1.807) is 19.1 Å². The van der Waals surface area contributed by atoms with E-state index in [1.165, 1.54) is 13.2 Å². The van der Waals surface area contributed by atoms with Crippen LogP contribution in [0.4, 0.5) is 0 Å². The van der Waals surface area contributed by atoms with Crippen molar-refractivity contribution in [3.05, 3.63) is 23.8 Å². The standard InChI is InChI=1S/C14H14N2O3/c1-4-5-16-14(17)10(2)19-13-7-11(9-15)6-12(8-13)18-3/h1,6-8,10H,5H2,2-3H3,(H,16,17). The van der Waals surface area contributed by atoms with Crippen molar-refractivity contribution in [2.45, 2.75) is 13.0 Å². The molecule has 0 saturated heterocycles. The van der Waals surface area contributed by atoms with Crippen molar-refractivity contribution in [2.24, 2.45) is 0 Å². The Kier molecular flexibility index (Phi) is 5.25. The summed E-state index contributed by atoms with van der Waals surface area (Å²) in [7, 11) is 1.49. The first kappa shape index (κ1) is 14.4. The van der Waals surface area contributed by atoms with Crippen LogP contribution < -0.4 is 14.8 Å². The van der Waals surface area contributed by atoms with Gasteiger partial charge in [0.15, 0.2) is 6.10 Å². The Bertz CT molecular complexity index is 541. The molecule has 0 aromatic heterocycles. The molecule has 0 radical (unpaired) electrons. The molecule has 0 spiro atoms. The zero-order valence-corrected chi connectivity index (χ0v) is 10.8. The average molecular weight is 258 g/mol. The number of nitrogens with zero attached hydrogens (tertiary/aromatic N) is 1. The molecule has 1 atom stereocenters. The number of carbonyl (C=O) groups excluding carboxylic acids is 1. The molecule has 5 heteroatoms. The number of carbonyl (C=O) groups is 1. The van der Waals surface area contributed by atoms with Crippen LogP contribution in [-0.2, 0) is 4.79 Å². The number of benzene rings is 1. The Labute approximate surface area is 112 Å². The van der Waals surface area contributed by atoms with E-state index in [9.17, 15) is 4.79 Å². The maximum atomic E-state index is 11.6. The number of amides is 1. The molecule has 1 amide bonds. The van der Waals surface area contributed by atoms with E-state index in [1.807, 2.05) is 6.07 Å². The highest BCUT2D eigenvalue weighted by molar-refractivity contribution is 5.80. The molecule has 98 valence electrons. The number of ether oxygens (including phenoxy) is 2. The zero-order valence-electron chi connectivity index (χ0n) is 10.8. The van der Waals surface area contributed by atoms with Gasteiger partial charge >= 0.3 is 0 Å². The number of rotatable bonds is 5. The molecule has 1 aromatic rings. The monoisotopic (exact) mass is 258 g/mol. The van der Waals surface area contributed by atoms with E-state index < -0.39 is 6.10 Å². The van der Waals surface area contributed by atoms with Crippen LogP contribution in [0.3, 0.4) is 0 Å². The summed E-state index contributed by atoms with van der Waals surface area (Å²) < 4.78 is 10.5. The van der Waals surface area contributed by atoms with Crippen LogP contribution in [0.15, 0.2) is 18.2 Å². The highest BCUT2D eigenvalue weighted by atomic mass is 16.5. The van der Waals surface area contributed by atoms with Crippen molar-refractivity contribution in [3.8, 4) is 29.9 Å². The van der Waals surface area contributed by atoms with Crippen LogP contribution in [0, 0.1) is 23.7 Å². The van der Waals surface area contributed by atoms with E-state index in [2.05, 4.69) is 11.2 Å². The maximum Gasteiger partial charge on any atom is 0.261 e. The quantitative estimate of drug-likeness (QED) is 0.802. The van der Waals surface area contributed by atoms with Gasteiger partial charge in [-0.1, -0.05) is 5.92 Å². The summed E-state index contributed by atoms with van der Waals surface area (Å²) in [6, 6.07) is 6.71. The van der Waals surface area contributed by atoms with Gasteiger partial charge in [0.1, 0.15) is 11.5 Å². The molecule has 0 aliphatic rings. The summed E-state index contributed by atoms with van der Waals surface area (Å²) in [4.78, 5) is 11.6. The van der Waals surface area contributed by atoms with Crippen molar-refractivity contribution in [1.82, 2.24) is 5.32 Å². The lowest BCUT2D eigenvalue weighted by molar-refractivity contribution is -0.127. The molecule has 19 heavy (non-hydrogen) atoms. The molecule has 1 aromatic carbocycles. The number of hydrogen-bond donors (Lipinski definition) is 1. The van der Waals surface area contributed by atoms with E-state index in [-0.39, 0.29) is 12.5 Å². The fourth-order valence-electron chi connectivity index (χ4n) is 1.36. The average Bonchev–Trinajstić information content (AvgIpc) is 2.43. The van der Waals surface area contributed by atoms with Gasteiger partial charge in [-0.05, 0) is 19.1 Å². The predicted octanol–water partition coefficient (Wildman–Crippen LogP) is 1.08. The first-order chi connectivity index (χ1) is 9.10. The van der Waals surface area contributed by atoms with Gasteiger partial charge in [-0.2, -0.15) is 5.26 Å². The number of terminal acetylenes is 1. The molecule has 0 aliphatic carbocycles. The lowest BCUT2D eigenvalue weighted by Gasteiger charge is -2.14. The van der Waals surface area contributed by atoms with E-state index in [0.717, 1.165) is 0 Å². The first-order valence-electron chi connectivity index (χ1n) is 5.57. The molecule has 0 aliphatic heterocycles. The summed E-state index contributed by atoms with van der Waals surface area (Å²) in [5.41, 5.74) is 0.394. The van der Waals surface area contributed by atoms with Gasteiger partial charge in [0.05, 0.1) is 25.3 Å². The minimum Gasteiger partial charge on any atom is -0.497 e. The molecule has 1 unspecified atom stereocenters. The van der Waals surface area contributed by atoms with Crippen molar-refractivity contribution in [1.29, 1.82) is 5.26 Å². The molecular formula is C14H14N2O3. The minimum atomic E-state index is -0.716. The van der Waals surface area contributed by atoms with Gasteiger partial charge in [0.25, 0.3) is 5.91 Å². The summed E-state index contributed by atoms with van der Waals surface area (Å²) in [6.07, 6.45) is 4.33. The van der Waals surface area contributed by atoms with Crippen LogP contribution in [-0.4, -0.2) is 25.7 Å². The van der Waals surface area contributed by atoms with Crippen LogP contribution in [0.25, 0.3) is 0 Å². The summed E-state index contributed by atoms with van der Waals surface area (Å²) in [6.45, 7) is 1.74. The Hall–Kier alpha value is -2.66. The molecular weight excluding hydrogens is 244 g/mol. The third kappa shape index (κ3) is 4.25. The van der Waals surface area contributed by atoms with Crippen LogP contribution in [0.5, 0.6) is 11.5 Å². The Morgan fingerprint density at radius 3 is 2.74 bits per heavy atom. The summed E-state index contributed by atoms with van der Waals surface area (Å²) >= 11 is 0. The topological polar surface area (TPSA) is 71.3 Å². The number of nitriles is 1. The molecule has 1 rings (SSSR count). The smallest absolute Gasteiger partial charge is 0.261 e. The fraction of sp³-hybridized carbons (Fsp3) is 0.286. The maximum absolute atomic E-state index is 11.6. The van der Waals surface area contributed by atoms with Gasteiger partial charge in [-0.25, -0.2) is 0 Å².